The monoisotopic (exact) mass is 528 g/mol. The van der Waals surface area contributed by atoms with Gasteiger partial charge in [-0.2, -0.15) is 13.2 Å². The number of aromatic nitrogens is 2. The Hall–Kier alpha value is -3.40. The zero-order valence-electron chi connectivity index (χ0n) is 21.6. The minimum absolute atomic E-state index is 0.0181. The number of carbonyl (C=O) groups is 1. The molecule has 2 aliphatic rings. The fourth-order valence-corrected chi connectivity index (χ4v) is 5.14. The summed E-state index contributed by atoms with van der Waals surface area (Å²) in [5.74, 6) is 0.442. The number of rotatable bonds is 6. The van der Waals surface area contributed by atoms with Crippen LogP contribution in [-0.2, 0) is 10.9 Å². The quantitative estimate of drug-likeness (QED) is 0.433. The molecule has 0 unspecified atom stereocenters. The van der Waals surface area contributed by atoms with Gasteiger partial charge in [-0.05, 0) is 75.1 Å². The van der Waals surface area contributed by atoms with Gasteiger partial charge in [-0.25, -0.2) is 4.98 Å². The van der Waals surface area contributed by atoms with E-state index < -0.39 is 23.3 Å². The molecule has 0 spiro atoms. The van der Waals surface area contributed by atoms with E-state index in [1.165, 1.54) is 6.07 Å². The van der Waals surface area contributed by atoms with Crippen molar-refractivity contribution in [3.05, 3.63) is 69.3 Å². The third-order valence-electron chi connectivity index (χ3n) is 7.13. The smallest absolute Gasteiger partial charge is 0.378 e. The van der Waals surface area contributed by atoms with Crippen LogP contribution in [0.25, 0.3) is 10.9 Å². The van der Waals surface area contributed by atoms with Crippen molar-refractivity contribution >= 4 is 22.5 Å². The summed E-state index contributed by atoms with van der Waals surface area (Å²) in [6.07, 6.45) is -2.65. The lowest BCUT2D eigenvalue weighted by molar-refractivity contribution is -0.138. The first-order valence-electron chi connectivity index (χ1n) is 13.0. The van der Waals surface area contributed by atoms with Crippen LogP contribution < -0.4 is 10.9 Å². The molecule has 1 saturated carbocycles. The molecule has 202 valence electrons. The zero-order chi connectivity index (χ0) is 27.2. The van der Waals surface area contributed by atoms with Gasteiger partial charge in [0, 0.05) is 30.3 Å². The Morgan fingerprint density at radius 2 is 1.82 bits per heavy atom. The molecular weight excluding hydrogens is 497 g/mol. The standard InChI is InChI=1S/C28H31F3N4O3/c1-4-23(32-19-9-7-18(8-10-19)27(37)35-13-15(2)38-16(3)14-35)20-11-21-24(12-22(20)28(29,30)31)33-25(17-5-6-17)34-26(21)36/h7-12,15-17,23,32H,4-6,13-14H2,1-3H3,(H,33,34,36)/t15-,16+,23-/m0/s1. The van der Waals surface area contributed by atoms with E-state index in [4.69, 9.17) is 4.74 Å². The van der Waals surface area contributed by atoms with Crippen LogP contribution in [0.15, 0.2) is 41.2 Å². The van der Waals surface area contributed by atoms with Crippen LogP contribution in [0.1, 0.15) is 79.3 Å². The molecule has 2 heterocycles. The van der Waals surface area contributed by atoms with Crippen LogP contribution in [0.3, 0.4) is 0 Å². The molecule has 2 aromatic carbocycles. The van der Waals surface area contributed by atoms with Crippen LogP contribution in [-0.4, -0.2) is 46.1 Å². The summed E-state index contributed by atoms with van der Waals surface area (Å²) in [6.45, 7) is 6.62. The predicted molar refractivity (Wildman–Crippen MR) is 138 cm³/mol. The van der Waals surface area contributed by atoms with Crippen LogP contribution in [0.5, 0.6) is 0 Å². The van der Waals surface area contributed by atoms with E-state index in [0.29, 0.717) is 36.6 Å². The summed E-state index contributed by atoms with van der Waals surface area (Å²) < 4.78 is 48.2. The number of carbonyl (C=O) groups excluding carboxylic acids is 1. The Kier molecular flexibility index (Phi) is 6.94. The van der Waals surface area contributed by atoms with Gasteiger partial charge < -0.3 is 19.9 Å². The predicted octanol–water partition coefficient (Wildman–Crippen LogP) is 5.63. The molecular formula is C28H31F3N4O3. The number of nitrogens with one attached hydrogen (secondary N) is 2. The lowest BCUT2D eigenvalue weighted by Crippen LogP contribution is -2.48. The molecule has 3 aromatic rings. The second kappa shape index (κ2) is 10.1. The van der Waals surface area contributed by atoms with Crippen LogP contribution in [0.2, 0.25) is 0 Å². The molecule has 7 nitrogen and oxygen atoms in total. The number of morpholine rings is 1. The third kappa shape index (κ3) is 5.41. The average Bonchev–Trinajstić information content (AvgIpc) is 3.71. The first-order chi connectivity index (χ1) is 18.0. The van der Waals surface area contributed by atoms with E-state index in [1.807, 2.05) is 13.8 Å². The maximum atomic E-state index is 14.2. The molecule has 1 aliphatic heterocycles. The molecule has 2 N–H and O–H groups in total. The Morgan fingerprint density at radius 3 is 2.39 bits per heavy atom. The molecule has 1 aromatic heterocycles. The van der Waals surface area contributed by atoms with Crippen molar-refractivity contribution in [2.45, 2.75) is 70.4 Å². The highest BCUT2D eigenvalue weighted by atomic mass is 19.4. The minimum Gasteiger partial charge on any atom is -0.378 e. The van der Waals surface area contributed by atoms with Gasteiger partial charge in [0.15, 0.2) is 0 Å². The Morgan fingerprint density at radius 1 is 1.16 bits per heavy atom. The van der Waals surface area contributed by atoms with E-state index in [0.717, 1.165) is 18.9 Å². The zero-order valence-corrected chi connectivity index (χ0v) is 21.6. The summed E-state index contributed by atoms with van der Waals surface area (Å²) in [6, 6.07) is 8.29. The summed E-state index contributed by atoms with van der Waals surface area (Å²) in [7, 11) is 0. The van der Waals surface area contributed by atoms with Gasteiger partial charge in [0.1, 0.15) is 5.82 Å². The molecule has 10 heteroatoms. The topological polar surface area (TPSA) is 87.3 Å². The van der Waals surface area contributed by atoms with Crippen molar-refractivity contribution in [2.75, 3.05) is 18.4 Å². The van der Waals surface area contributed by atoms with Gasteiger partial charge in [-0.1, -0.05) is 6.92 Å². The van der Waals surface area contributed by atoms with E-state index >= 15 is 0 Å². The summed E-state index contributed by atoms with van der Waals surface area (Å²) >= 11 is 0. The van der Waals surface area contributed by atoms with E-state index in [9.17, 15) is 22.8 Å². The number of hydrogen-bond acceptors (Lipinski definition) is 5. The maximum Gasteiger partial charge on any atom is 0.416 e. The molecule has 1 aliphatic carbocycles. The van der Waals surface area contributed by atoms with E-state index in [1.54, 1.807) is 36.1 Å². The lowest BCUT2D eigenvalue weighted by atomic mass is 9.95. The summed E-state index contributed by atoms with van der Waals surface area (Å²) in [4.78, 5) is 34.5. The molecule has 0 bridgehead atoms. The van der Waals surface area contributed by atoms with Crippen LogP contribution in [0, 0.1) is 0 Å². The second-order valence-corrected chi connectivity index (χ2v) is 10.3. The molecule has 5 rings (SSSR count). The first-order valence-corrected chi connectivity index (χ1v) is 13.0. The van der Waals surface area contributed by atoms with Gasteiger partial charge in [0.2, 0.25) is 0 Å². The second-order valence-electron chi connectivity index (χ2n) is 10.3. The highest BCUT2D eigenvalue weighted by Gasteiger charge is 2.36. The number of aromatic amines is 1. The number of ether oxygens (including phenoxy) is 1. The number of alkyl halides is 3. The highest BCUT2D eigenvalue weighted by Crippen LogP contribution is 2.40. The van der Waals surface area contributed by atoms with Crippen LogP contribution in [0.4, 0.5) is 18.9 Å². The number of H-pyrrole nitrogens is 1. The number of amides is 1. The van der Waals surface area contributed by atoms with Crippen LogP contribution >= 0.6 is 0 Å². The summed E-state index contributed by atoms with van der Waals surface area (Å²) in [5.41, 5.74) is -0.147. The van der Waals surface area contributed by atoms with Crippen molar-refractivity contribution in [3.8, 4) is 0 Å². The molecule has 1 saturated heterocycles. The number of anilines is 1. The maximum absolute atomic E-state index is 14.2. The first kappa shape index (κ1) is 26.2. The fourth-order valence-electron chi connectivity index (χ4n) is 5.14. The van der Waals surface area contributed by atoms with Gasteiger partial charge in [0.25, 0.3) is 11.5 Å². The molecule has 38 heavy (non-hydrogen) atoms. The van der Waals surface area contributed by atoms with Gasteiger partial charge in [-0.15, -0.1) is 0 Å². The number of fused-ring (bicyclic) bond motifs is 1. The molecule has 3 atom stereocenters. The van der Waals surface area contributed by atoms with Gasteiger partial charge in [-0.3, -0.25) is 9.59 Å². The van der Waals surface area contributed by atoms with Crippen molar-refractivity contribution in [1.29, 1.82) is 0 Å². The van der Waals surface area contributed by atoms with Crippen molar-refractivity contribution < 1.29 is 22.7 Å². The number of nitrogens with zero attached hydrogens (tertiary/aromatic N) is 2. The van der Waals surface area contributed by atoms with Crippen molar-refractivity contribution in [2.24, 2.45) is 0 Å². The van der Waals surface area contributed by atoms with E-state index in [-0.39, 0.29) is 40.5 Å². The largest absolute Gasteiger partial charge is 0.416 e. The minimum atomic E-state index is -4.62. The van der Waals surface area contributed by atoms with Crippen molar-refractivity contribution in [1.82, 2.24) is 14.9 Å². The summed E-state index contributed by atoms with van der Waals surface area (Å²) in [5, 5.41) is 3.30. The van der Waals surface area contributed by atoms with Crippen molar-refractivity contribution in [3.63, 3.8) is 0 Å². The number of benzene rings is 2. The number of halogens is 3. The Bertz CT molecular complexity index is 1390. The fraction of sp³-hybridized carbons (Fsp3) is 0.464. The van der Waals surface area contributed by atoms with E-state index in [2.05, 4.69) is 15.3 Å². The lowest BCUT2D eigenvalue weighted by Gasteiger charge is -2.35. The highest BCUT2D eigenvalue weighted by molar-refractivity contribution is 5.94. The SMILES string of the molecule is CC[C@H](Nc1ccc(C(=O)N2C[C@@H](C)O[C@@H](C)C2)cc1)c1cc2c(=O)[nH]c(C3CC3)nc2cc1C(F)(F)F. The van der Waals surface area contributed by atoms with Gasteiger partial charge in [0.05, 0.1) is 34.7 Å². The molecule has 0 radical (unpaired) electrons. The molecule has 1 amide bonds. The third-order valence-corrected chi connectivity index (χ3v) is 7.13. The number of hydrogen-bond donors (Lipinski definition) is 2. The Labute approximate surface area is 218 Å². The normalized spacial score (nSPS) is 20.9. The van der Waals surface area contributed by atoms with Gasteiger partial charge >= 0.3 is 6.18 Å². The Balaban J connectivity index is 1.42. The molecule has 2 fully saturated rings. The average molecular weight is 529 g/mol.